The van der Waals surface area contributed by atoms with E-state index in [0.717, 1.165) is 33.5 Å². The van der Waals surface area contributed by atoms with Crippen molar-refractivity contribution in [2.24, 2.45) is 0 Å². The molecule has 2 aromatic heterocycles. The summed E-state index contributed by atoms with van der Waals surface area (Å²) in [5.41, 5.74) is 5.46. The summed E-state index contributed by atoms with van der Waals surface area (Å²) in [7, 11) is -0.394. The molecule has 0 saturated carbocycles. The zero-order valence-electron chi connectivity index (χ0n) is 23.4. The van der Waals surface area contributed by atoms with Crippen molar-refractivity contribution in [2.45, 2.75) is 11.3 Å². The number of aromatic nitrogens is 2. The van der Waals surface area contributed by atoms with Crippen LogP contribution in [0.5, 0.6) is 5.75 Å². The largest absolute Gasteiger partial charge is 0.494 e. The van der Waals surface area contributed by atoms with Crippen molar-refractivity contribution in [3.05, 3.63) is 123 Å². The average molecular weight is 597 g/mol. The van der Waals surface area contributed by atoms with Crippen molar-refractivity contribution >= 4 is 21.3 Å². The Morgan fingerprint density at radius 3 is 2.49 bits per heavy atom. The molecule has 43 heavy (non-hydrogen) atoms. The number of hydrogen-bond donors (Lipinski definition) is 3. The predicted molar refractivity (Wildman–Crippen MR) is 165 cm³/mol. The van der Waals surface area contributed by atoms with Gasteiger partial charge in [0.2, 0.25) is 10.0 Å². The molecule has 0 bridgehead atoms. The molecule has 0 atom stereocenters. The highest BCUT2D eigenvalue weighted by molar-refractivity contribution is 7.89. The van der Waals surface area contributed by atoms with Gasteiger partial charge in [0, 0.05) is 31.5 Å². The lowest BCUT2D eigenvalue weighted by molar-refractivity contribution is 0.412. The smallest absolute Gasteiger partial charge is 0.333 e. The second kappa shape index (κ2) is 11.3. The Hall–Kier alpha value is -5.13. The molecule has 0 fully saturated rings. The summed E-state index contributed by atoms with van der Waals surface area (Å²) in [5.74, 6) is 0.945. The molecule has 3 N–H and O–H groups in total. The number of methoxy groups -OCH3 is 1. The minimum absolute atomic E-state index is 0.163. The fourth-order valence-electron chi connectivity index (χ4n) is 5.29. The van der Waals surface area contributed by atoms with Crippen molar-refractivity contribution < 1.29 is 17.6 Å². The van der Waals surface area contributed by atoms with Crippen molar-refractivity contribution in [1.29, 1.82) is 0 Å². The third-order valence-corrected chi connectivity index (χ3v) is 8.85. The van der Waals surface area contributed by atoms with Gasteiger partial charge in [-0.05, 0) is 76.7 Å². The Morgan fingerprint density at radius 2 is 1.79 bits per heavy atom. The first-order chi connectivity index (χ1) is 20.8. The molecular formula is C32H28N4O6S. The van der Waals surface area contributed by atoms with Crippen LogP contribution in [0.4, 0.5) is 5.69 Å². The van der Waals surface area contributed by atoms with E-state index in [-0.39, 0.29) is 11.4 Å². The summed E-state index contributed by atoms with van der Waals surface area (Å²) in [6.07, 6.45) is 5.64. The van der Waals surface area contributed by atoms with E-state index in [9.17, 15) is 18.0 Å². The number of sulfonamides is 1. The number of nitrogens with one attached hydrogen (secondary N) is 3. The Balaban J connectivity index is 1.33. The summed E-state index contributed by atoms with van der Waals surface area (Å²) in [6, 6.07) is 21.1. The molecule has 2 heterocycles. The van der Waals surface area contributed by atoms with Gasteiger partial charge < -0.3 is 14.5 Å². The summed E-state index contributed by atoms with van der Waals surface area (Å²) in [5, 5.41) is 2.98. The molecule has 0 aliphatic heterocycles. The van der Waals surface area contributed by atoms with Crippen molar-refractivity contribution in [3.63, 3.8) is 0 Å². The number of rotatable bonds is 9. The normalized spacial score (nSPS) is 12.6. The number of H-pyrrole nitrogens is 1. The number of allylic oxidation sites excluding steroid dienone is 1. The van der Waals surface area contributed by atoms with Gasteiger partial charge >= 0.3 is 5.69 Å². The van der Waals surface area contributed by atoms with E-state index in [1.165, 1.54) is 23.9 Å². The number of fused-ring (bicyclic) bond motifs is 1. The first-order valence-corrected chi connectivity index (χ1v) is 14.9. The lowest BCUT2D eigenvalue weighted by Crippen LogP contribution is -2.27. The zero-order chi connectivity index (χ0) is 30.1. The Kier molecular flexibility index (Phi) is 7.34. The van der Waals surface area contributed by atoms with Crippen LogP contribution in [-0.4, -0.2) is 38.7 Å². The maximum atomic E-state index is 12.9. The lowest BCUT2D eigenvalue weighted by atomic mass is 9.93. The highest BCUT2D eigenvalue weighted by Crippen LogP contribution is 2.44. The molecule has 6 rings (SSSR count). The number of furan rings is 1. The van der Waals surface area contributed by atoms with Gasteiger partial charge in [0.25, 0.3) is 5.56 Å². The first kappa shape index (κ1) is 28.0. The molecule has 5 aromatic rings. The SMILES string of the molecule is CNc1ccc(S(=O)(=O)NCC2=CCc3cc(-c4ccc(-n5ccc(=O)[nH]c5=O)c(OC)c4-c4ccco4)ccc32)cc1. The Bertz CT molecular complexity index is 2080. The monoisotopic (exact) mass is 596 g/mol. The average Bonchev–Trinajstić information content (AvgIpc) is 3.70. The molecule has 0 spiro atoms. The zero-order valence-corrected chi connectivity index (χ0v) is 24.2. The number of nitrogens with zero attached hydrogens (tertiary/aromatic N) is 1. The number of ether oxygens (including phenoxy) is 1. The van der Waals surface area contributed by atoms with Crippen LogP contribution in [0.3, 0.4) is 0 Å². The van der Waals surface area contributed by atoms with Crippen LogP contribution in [0, 0.1) is 0 Å². The fraction of sp³-hybridized carbons (Fsp3) is 0.125. The summed E-state index contributed by atoms with van der Waals surface area (Å²) < 4.78 is 41.4. The van der Waals surface area contributed by atoms with E-state index < -0.39 is 21.3 Å². The molecule has 1 aliphatic rings. The second-order valence-electron chi connectivity index (χ2n) is 9.90. The molecule has 0 unspecified atom stereocenters. The quantitative estimate of drug-likeness (QED) is 0.229. The van der Waals surface area contributed by atoms with Gasteiger partial charge in [0.1, 0.15) is 5.76 Å². The number of aromatic amines is 1. The molecular weight excluding hydrogens is 568 g/mol. The summed E-state index contributed by atoms with van der Waals surface area (Å²) in [4.78, 5) is 26.8. The molecule has 0 radical (unpaired) electrons. The van der Waals surface area contributed by atoms with Crippen molar-refractivity contribution in [1.82, 2.24) is 14.3 Å². The van der Waals surface area contributed by atoms with E-state index in [0.29, 0.717) is 29.2 Å². The highest BCUT2D eigenvalue weighted by atomic mass is 32.2. The van der Waals surface area contributed by atoms with Crippen molar-refractivity contribution in [2.75, 3.05) is 26.0 Å². The number of hydrogen-bond acceptors (Lipinski definition) is 7. The van der Waals surface area contributed by atoms with Gasteiger partial charge in [-0.2, -0.15) is 0 Å². The third kappa shape index (κ3) is 5.31. The maximum absolute atomic E-state index is 12.9. The lowest BCUT2D eigenvalue weighted by Gasteiger charge is -2.18. The van der Waals surface area contributed by atoms with E-state index in [4.69, 9.17) is 9.15 Å². The van der Waals surface area contributed by atoms with Crippen LogP contribution < -0.4 is 26.0 Å². The van der Waals surface area contributed by atoms with Crippen molar-refractivity contribution in [3.8, 4) is 33.9 Å². The van der Waals surface area contributed by atoms with Gasteiger partial charge in [-0.25, -0.2) is 17.9 Å². The topological polar surface area (TPSA) is 135 Å². The maximum Gasteiger partial charge on any atom is 0.333 e. The molecule has 10 nitrogen and oxygen atoms in total. The standard InChI is InChI=1S/C32H28N4O6S/c1-33-23-8-10-24(11-9-23)43(39,40)34-19-22-6-5-20-18-21(7-12-25(20)22)26-13-14-27(36-16-15-29(37)35-32(36)38)31(41-2)30(26)28-4-3-17-42-28/h3-4,6-18,33-34H,5,19H2,1-2H3,(H,35,37,38). The van der Waals surface area contributed by atoms with Gasteiger partial charge in [0.15, 0.2) is 5.75 Å². The number of anilines is 1. The van der Waals surface area contributed by atoms with E-state index >= 15 is 0 Å². The molecule has 3 aromatic carbocycles. The Labute approximate surface area is 247 Å². The van der Waals surface area contributed by atoms with Gasteiger partial charge in [0.05, 0.1) is 29.5 Å². The summed E-state index contributed by atoms with van der Waals surface area (Å²) >= 11 is 0. The van der Waals surface area contributed by atoms with Gasteiger partial charge in [-0.3, -0.25) is 14.3 Å². The molecule has 218 valence electrons. The van der Waals surface area contributed by atoms with Crippen LogP contribution in [0.1, 0.15) is 11.1 Å². The van der Waals surface area contributed by atoms with E-state index in [2.05, 4.69) is 21.1 Å². The Morgan fingerprint density at radius 1 is 1.00 bits per heavy atom. The van der Waals surface area contributed by atoms with E-state index in [1.54, 1.807) is 49.7 Å². The third-order valence-electron chi connectivity index (χ3n) is 7.43. The van der Waals surface area contributed by atoms with Crippen LogP contribution >= 0.6 is 0 Å². The van der Waals surface area contributed by atoms with E-state index in [1.807, 2.05) is 30.3 Å². The van der Waals surface area contributed by atoms with Crippen LogP contribution in [-0.2, 0) is 16.4 Å². The number of benzene rings is 3. The highest BCUT2D eigenvalue weighted by Gasteiger charge is 2.23. The molecule has 0 saturated heterocycles. The van der Waals surface area contributed by atoms with Crippen LogP contribution in [0.25, 0.3) is 33.7 Å². The van der Waals surface area contributed by atoms with Gasteiger partial charge in [-0.1, -0.05) is 30.3 Å². The first-order valence-electron chi connectivity index (χ1n) is 13.5. The van der Waals surface area contributed by atoms with Crippen LogP contribution in [0.2, 0.25) is 0 Å². The molecule has 0 amide bonds. The van der Waals surface area contributed by atoms with Crippen LogP contribution in [0.15, 0.2) is 110 Å². The second-order valence-corrected chi connectivity index (χ2v) is 11.7. The predicted octanol–water partition coefficient (Wildman–Crippen LogP) is 4.42. The molecule has 11 heteroatoms. The fourth-order valence-corrected chi connectivity index (χ4v) is 6.30. The van der Waals surface area contributed by atoms with Gasteiger partial charge in [-0.15, -0.1) is 0 Å². The molecule has 1 aliphatic carbocycles. The summed E-state index contributed by atoms with van der Waals surface area (Å²) in [6.45, 7) is 0.163. The minimum atomic E-state index is -3.68. The minimum Gasteiger partial charge on any atom is -0.494 e.